The molecule has 0 amide bonds. The van der Waals surface area contributed by atoms with E-state index < -0.39 is 13.8 Å². The standard InChI is InChI=1S/C6H14F2Se/c1-5(2)9(7,8)6(3)4/h5-6H,1-4H3. The maximum atomic E-state index is 12.8. The van der Waals surface area contributed by atoms with Gasteiger partial charge in [0.15, 0.2) is 0 Å². The molecule has 3 heteroatoms. The Bertz CT molecular complexity index is 79.1. The van der Waals surface area contributed by atoms with E-state index in [1.54, 1.807) is 27.7 Å². The Labute approximate surface area is 58.8 Å². The molecule has 0 aromatic heterocycles. The fraction of sp³-hybridized carbons (Fsp3) is 1.00. The first-order valence-electron chi connectivity index (χ1n) is 3.09. The topological polar surface area (TPSA) is 0 Å². The van der Waals surface area contributed by atoms with Crippen LogP contribution >= 0.6 is 0 Å². The number of halogens is 2. The Morgan fingerprint density at radius 2 is 1.11 bits per heavy atom. The zero-order valence-corrected chi connectivity index (χ0v) is 8.03. The van der Waals surface area contributed by atoms with Gasteiger partial charge >= 0.3 is 58.2 Å². The molecule has 0 saturated heterocycles. The molecule has 0 aliphatic rings. The van der Waals surface area contributed by atoms with Crippen LogP contribution in [-0.2, 0) is 0 Å². The third kappa shape index (κ3) is 2.23. The normalized spacial score (nSPS) is 15.1. The Morgan fingerprint density at radius 3 is 1.11 bits per heavy atom. The second kappa shape index (κ2) is 2.98. The summed E-state index contributed by atoms with van der Waals surface area (Å²) in [6, 6.07) is 0. The second-order valence-electron chi connectivity index (χ2n) is 2.65. The Morgan fingerprint density at radius 1 is 0.889 bits per heavy atom. The molecule has 0 rings (SSSR count). The maximum absolute atomic E-state index is 12.8. The molecule has 9 heavy (non-hydrogen) atoms. The van der Waals surface area contributed by atoms with Gasteiger partial charge in [-0.25, -0.2) is 0 Å². The predicted molar refractivity (Wildman–Crippen MR) is 38.2 cm³/mol. The summed E-state index contributed by atoms with van der Waals surface area (Å²) in [6.45, 7) is 6.44. The molecule has 0 radical (unpaired) electrons. The zero-order valence-electron chi connectivity index (χ0n) is 6.32. The van der Waals surface area contributed by atoms with Gasteiger partial charge in [-0.05, 0) is 0 Å². The summed E-state index contributed by atoms with van der Waals surface area (Å²) < 4.78 is 25.7. The number of rotatable bonds is 2. The van der Waals surface area contributed by atoms with Gasteiger partial charge in [-0.3, -0.25) is 0 Å². The molecule has 0 aliphatic heterocycles. The van der Waals surface area contributed by atoms with Crippen molar-refractivity contribution >= 4 is 13.8 Å². The first-order chi connectivity index (χ1) is 3.89. The summed E-state index contributed by atoms with van der Waals surface area (Å²) in [5.74, 6) is 0. The minimum absolute atomic E-state index is 0.388. The van der Waals surface area contributed by atoms with Gasteiger partial charge in [-0.2, -0.15) is 0 Å². The third-order valence-corrected chi connectivity index (χ3v) is 6.53. The SMILES string of the molecule is CC(C)[Se](F)(F)C(C)C. The van der Waals surface area contributed by atoms with Crippen LogP contribution in [0.2, 0.25) is 9.63 Å². The molecule has 0 fully saturated rings. The van der Waals surface area contributed by atoms with Crippen LogP contribution in [-0.4, -0.2) is 13.8 Å². The molecule has 0 atom stereocenters. The van der Waals surface area contributed by atoms with Crippen molar-refractivity contribution in [3.63, 3.8) is 0 Å². The molecule has 58 valence electrons. The van der Waals surface area contributed by atoms with Crippen molar-refractivity contribution in [2.75, 3.05) is 0 Å². The van der Waals surface area contributed by atoms with Crippen molar-refractivity contribution in [2.45, 2.75) is 37.3 Å². The summed E-state index contributed by atoms with van der Waals surface area (Å²) in [4.78, 5) is -0.775. The first-order valence-corrected chi connectivity index (χ1v) is 6.36. The van der Waals surface area contributed by atoms with Gasteiger partial charge in [0.2, 0.25) is 0 Å². The van der Waals surface area contributed by atoms with E-state index >= 15 is 0 Å². The van der Waals surface area contributed by atoms with Crippen LogP contribution in [0.15, 0.2) is 0 Å². The average Bonchev–Trinajstić information content (AvgIpc) is 1.65. The first kappa shape index (κ1) is 9.38. The molecule has 0 aliphatic carbocycles. The summed E-state index contributed by atoms with van der Waals surface area (Å²) >= 11 is -4.03. The van der Waals surface area contributed by atoms with Gasteiger partial charge < -0.3 is 0 Å². The van der Waals surface area contributed by atoms with Crippen LogP contribution in [0.1, 0.15) is 27.7 Å². The van der Waals surface area contributed by atoms with Crippen molar-refractivity contribution in [1.29, 1.82) is 0 Å². The molecule has 0 heterocycles. The van der Waals surface area contributed by atoms with Gasteiger partial charge in [0.05, 0.1) is 0 Å². The van der Waals surface area contributed by atoms with Gasteiger partial charge in [0.25, 0.3) is 0 Å². The van der Waals surface area contributed by atoms with Crippen molar-refractivity contribution in [1.82, 2.24) is 0 Å². The Kier molecular flexibility index (Phi) is 3.10. The zero-order chi connectivity index (χ0) is 7.65. The fourth-order valence-electron chi connectivity index (χ4n) is 0.544. The van der Waals surface area contributed by atoms with Crippen LogP contribution in [0.5, 0.6) is 0 Å². The minimum atomic E-state index is -4.03. The summed E-state index contributed by atoms with van der Waals surface area (Å²) in [6.07, 6.45) is 0. The van der Waals surface area contributed by atoms with Crippen LogP contribution in [0.25, 0.3) is 0 Å². The molecule has 0 spiro atoms. The van der Waals surface area contributed by atoms with Gasteiger partial charge in [0, 0.05) is 0 Å². The Balaban J connectivity index is 4.01. The van der Waals surface area contributed by atoms with Crippen molar-refractivity contribution in [2.24, 2.45) is 0 Å². The second-order valence-corrected chi connectivity index (χ2v) is 8.92. The van der Waals surface area contributed by atoms with Crippen LogP contribution in [0.4, 0.5) is 7.10 Å². The molecular weight excluding hydrogens is 189 g/mol. The summed E-state index contributed by atoms with van der Waals surface area (Å²) in [5.41, 5.74) is 0. The quantitative estimate of drug-likeness (QED) is 0.604. The van der Waals surface area contributed by atoms with E-state index in [1.807, 2.05) is 0 Å². The molecule has 0 N–H and O–H groups in total. The molecule has 0 aromatic rings. The number of hydrogen-bond donors (Lipinski definition) is 0. The van der Waals surface area contributed by atoms with Gasteiger partial charge in [-0.1, -0.05) is 0 Å². The summed E-state index contributed by atoms with van der Waals surface area (Å²) in [5, 5.41) is 0. The van der Waals surface area contributed by atoms with E-state index in [0.29, 0.717) is 0 Å². The van der Waals surface area contributed by atoms with Gasteiger partial charge in [-0.15, -0.1) is 0 Å². The Hall–Kier alpha value is 0.379. The molecule has 0 nitrogen and oxygen atoms in total. The van der Waals surface area contributed by atoms with E-state index in [0.717, 1.165) is 0 Å². The van der Waals surface area contributed by atoms with E-state index in [1.165, 1.54) is 0 Å². The van der Waals surface area contributed by atoms with E-state index in [2.05, 4.69) is 0 Å². The monoisotopic (exact) mass is 204 g/mol. The third-order valence-electron chi connectivity index (χ3n) is 1.26. The van der Waals surface area contributed by atoms with Crippen LogP contribution < -0.4 is 0 Å². The van der Waals surface area contributed by atoms with Gasteiger partial charge in [0.1, 0.15) is 0 Å². The molecule has 0 bridgehead atoms. The van der Waals surface area contributed by atoms with Crippen LogP contribution in [0.3, 0.4) is 0 Å². The van der Waals surface area contributed by atoms with Crippen molar-refractivity contribution in [3.05, 3.63) is 0 Å². The van der Waals surface area contributed by atoms with E-state index in [9.17, 15) is 7.10 Å². The average molecular weight is 203 g/mol. The number of hydrogen-bond acceptors (Lipinski definition) is 0. The summed E-state index contributed by atoms with van der Waals surface area (Å²) in [7, 11) is 0. The van der Waals surface area contributed by atoms with Crippen LogP contribution in [0, 0.1) is 0 Å². The predicted octanol–water partition coefficient (Wildman–Crippen LogP) is 3.19. The van der Waals surface area contributed by atoms with E-state index in [4.69, 9.17) is 0 Å². The van der Waals surface area contributed by atoms with E-state index in [-0.39, 0.29) is 9.63 Å². The molecular formula is C6H14F2Se. The van der Waals surface area contributed by atoms with Crippen molar-refractivity contribution < 1.29 is 7.10 Å². The van der Waals surface area contributed by atoms with Crippen molar-refractivity contribution in [3.8, 4) is 0 Å². The molecule has 0 aromatic carbocycles. The molecule has 0 saturated carbocycles. The fourth-order valence-corrected chi connectivity index (χ4v) is 2.83. The molecule has 0 unspecified atom stereocenters.